The summed E-state index contributed by atoms with van der Waals surface area (Å²) in [5.74, 6) is -0.117. The molecule has 4 aromatic rings. The summed E-state index contributed by atoms with van der Waals surface area (Å²) < 4.78 is 6.58. The number of benzene rings is 2. The van der Waals surface area contributed by atoms with Crippen LogP contribution in [0.15, 0.2) is 53.9 Å². The summed E-state index contributed by atoms with van der Waals surface area (Å²) >= 11 is 1.65. The molecule has 0 aliphatic rings. The first-order chi connectivity index (χ1) is 12.2. The van der Waals surface area contributed by atoms with Gasteiger partial charge in [0.2, 0.25) is 0 Å². The predicted octanol–water partition coefficient (Wildman–Crippen LogP) is 4.75. The number of hydrogen-bond donors (Lipinski definition) is 1. The molecule has 0 atom stereocenters. The molecule has 124 valence electrons. The number of aromatic nitrogens is 1. The molecule has 5 heteroatoms. The van der Waals surface area contributed by atoms with E-state index in [-0.39, 0.29) is 5.56 Å². The number of fused-ring (bicyclic) bond motifs is 3. The highest BCUT2D eigenvalue weighted by atomic mass is 32.1. The van der Waals surface area contributed by atoms with Gasteiger partial charge in [-0.05, 0) is 29.6 Å². The van der Waals surface area contributed by atoms with Gasteiger partial charge in [0.15, 0.2) is 0 Å². The van der Waals surface area contributed by atoms with Gasteiger partial charge in [0.1, 0.15) is 5.75 Å². The second-order valence-electron chi connectivity index (χ2n) is 5.75. The average Bonchev–Trinajstić information content (AvgIpc) is 3.12. The van der Waals surface area contributed by atoms with Crippen LogP contribution in [-0.2, 0) is 6.42 Å². The number of methoxy groups -OCH3 is 1. The number of ether oxygens (including phenoxy) is 1. The first kappa shape index (κ1) is 15.6. The monoisotopic (exact) mass is 349 g/mol. The number of thiophene rings is 1. The van der Waals surface area contributed by atoms with Crippen molar-refractivity contribution < 1.29 is 14.6 Å². The lowest BCUT2D eigenvalue weighted by atomic mass is 10.0. The van der Waals surface area contributed by atoms with Crippen LogP contribution in [-0.4, -0.2) is 23.2 Å². The summed E-state index contributed by atoms with van der Waals surface area (Å²) in [6, 6.07) is 15.1. The predicted molar refractivity (Wildman–Crippen MR) is 99.9 cm³/mol. The molecule has 2 heterocycles. The molecule has 4 rings (SSSR count). The molecule has 2 aromatic heterocycles. The van der Waals surface area contributed by atoms with Crippen molar-refractivity contribution in [3.8, 4) is 5.75 Å². The molecule has 0 radical (unpaired) electrons. The fraction of sp³-hybridized carbons (Fsp3) is 0.100. The third-order valence-electron chi connectivity index (χ3n) is 4.27. The highest BCUT2D eigenvalue weighted by molar-refractivity contribution is 7.18. The number of hydrogen-bond acceptors (Lipinski definition) is 4. The summed E-state index contributed by atoms with van der Waals surface area (Å²) in [5, 5.41) is 13.4. The van der Waals surface area contributed by atoms with Gasteiger partial charge in [0.05, 0.1) is 23.9 Å². The second kappa shape index (κ2) is 6.18. The van der Waals surface area contributed by atoms with E-state index in [9.17, 15) is 9.90 Å². The summed E-state index contributed by atoms with van der Waals surface area (Å²) in [6.07, 6.45) is 0.629. The number of carboxylic acid groups (broad SMARTS) is 1. The number of nitrogens with zero attached hydrogens (tertiary/aromatic N) is 1. The summed E-state index contributed by atoms with van der Waals surface area (Å²) in [5.41, 5.74) is 2.94. The smallest absolute Gasteiger partial charge is 0.335 e. The van der Waals surface area contributed by atoms with Crippen molar-refractivity contribution in [1.82, 2.24) is 4.98 Å². The number of carboxylic acids is 1. The van der Waals surface area contributed by atoms with E-state index in [0.29, 0.717) is 11.9 Å². The Morgan fingerprint density at radius 1 is 1.16 bits per heavy atom. The van der Waals surface area contributed by atoms with E-state index < -0.39 is 5.97 Å². The number of para-hydroxylation sites is 1. The number of rotatable bonds is 4. The molecule has 4 nitrogen and oxygen atoms in total. The van der Waals surface area contributed by atoms with Gasteiger partial charge in [-0.25, -0.2) is 4.79 Å². The van der Waals surface area contributed by atoms with Crippen molar-refractivity contribution in [3.63, 3.8) is 0 Å². The van der Waals surface area contributed by atoms with Crippen LogP contribution in [0.25, 0.3) is 21.0 Å². The van der Waals surface area contributed by atoms with Crippen LogP contribution in [0.5, 0.6) is 5.75 Å². The zero-order valence-corrected chi connectivity index (χ0v) is 14.3. The number of carbonyl (C=O) groups is 1. The maximum absolute atomic E-state index is 11.3. The van der Waals surface area contributed by atoms with Crippen LogP contribution in [0, 0.1) is 0 Å². The molecule has 0 unspecified atom stereocenters. The van der Waals surface area contributed by atoms with Crippen LogP contribution in [0.2, 0.25) is 0 Å². The minimum absolute atomic E-state index is 0.249. The Bertz CT molecular complexity index is 1100. The quantitative estimate of drug-likeness (QED) is 0.578. The first-order valence-corrected chi connectivity index (χ1v) is 8.70. The largest absolute Gasteiger partial charge is 0.496 e. The van der Waals surface area contributed by atoms with Crippen molar-refractivity contribution in [2.75, 3.05) is 7.11 Å². The van der Waals surface area contributed by atoms with Crippen molar-refractivity contribution in [2.45, 2.75) is 6.42 Å². The molecule has 0 fully saturated rings. The molecule has 2 aromatic carbocycles. The van der Waals surface area contributed by atoms with Crippen LogP contribution >= 0.6 is 11.3 Å². The van der Waals surface area contributed by atoms with Crippen LogP contribution < -0.4 is 4.74 Å². The molecule has 0 amide bonds. The third kappa shape index (κ3) is 2.72. The zero-order chi connectivity index (χ0) is 17.4. The maximum atomic E-state index is 11.3. The average molecular weight is 349 g/mol. The Labute approximate surface area is 148 Å². The van der Waals surface area contributed by atoms with E-state index in [0.717, 1.165) is 32.5 Å². The fourth-order valence-electron chi connectivity index (χ4n) is 3.06. The second-order valence-corrected chi connectivity index (χ2v) is 6.66. The van der Waals surface area contributed by atoms with Crippen LogP contribution in [0.3, 0.4) is 0 Å². The van der Waals surface area contributed by atoms with Gasteiger partial charge in [0, 0.05) is 27.5 Å². The molecular weight excluding hydrogens is 334 g/mol. The molecule has 0 bridgehead atoms. The Balaban J connectivity index is 1.92. The molecule has 0 saturated carbocycles. The van der Waals surface area contributed by atoms with E-state index in [2.05, 4.69) is 6.07 Å². The Kier molecular flexibility index (Phi) is 3.86. The molecule has 0 spiro atoms. The van der Waals surface area contributed by atoms with Gasteiger partial charge in [-0.1, -0.05) is 24.3 Å². The normalized spacial score (nSPS) is 11.1. The van der Waals surface area contributed by atoms with E-state index in [1.807, 2.05) is 35.7 Å². The van der Waals surface area contributed by atoms with Crippen molar-refractivity contribution in [2.24, 2.45) is 0 Å². The summed E-state index contributed by atoms with van der Waals surface area (Å²) in [7, 11) is 1.66. The number of pyridine rings is 1. The van der Waals surface area contributed by atoms with E-state index in [4.69, 9.17) is 9.72 Å². The molecular formula is C20H15NO3S. The van der Waals surface area contributed by atoms with E-state index in [1.54, 1.807) is 30.6 Å². The maximum Gasteiger partial charge on any atom is 0.335 e. The lowest BCUT2D eigenvalue weighted by Crippen LogP contribution is -1.99. The van der Waals surface area contributed by atoms with Gasteiger partial charge in [0.25, 0.3) is 0 Å². The lowest BCUT2D eigenvalue weighted by Gasteiger charge is -2.10. The van der Waals surface area contributed by atoms with E-state index in [1.165, 1.54) is 0 Å². The molecule has 25 heavy (non-hydrogen) atoms. The standard InChI is InChI=1S/C20H15NO3S/c1-24-18-5-3-2-4-12(18)10-16-15-8-9-25-19(15)14-7-6-13(20(22)23)11-17(14)21-16/h2-9,11H,10H2,1H3,(H,22,23). The minimum Gasteiger partial charge on any atom is -0.496 e. The van der Waals surface area contributed by atoms with Crippen LogP contribution in [0.1, 0.15) is 21.6 Å². The van der Waals surface area contributed by atoms with Gasteiger partial charge >= 0.3 is 5.97 Å². The Hall–Kier alpha value is -2.92. The Morgan fingerprint density at radius 3 is 2.80 bits per heavy atom. The van der Waals surface area contributed by atoms with Gasteiger partial charge in [-0.3, -0.25) is 4.98 Å². The molecule has 0 saturated heterocycles. The SMILES string of the molecule is COc1ccccc1Cc1nc2cc(C(=O)O)ccc2c2sccc12. The molecule has 1 N–H and O–H groups in total. The zero-order valence-electron chi connectivity index (χ0n) is 13.5. The van der Waals surface area contributed by atoms with Crippen molar-refractivity contribution in [3.05, 3.63) is 70.7 Å². The van der Waals surface area contributed by atoms with Gasteiger partial charge in [-0.15, -0.1) is 11.3 Å². The third-order valence-corrected chi connectivity index (χ3v) is 5.22. The summed E-state index contributed by atoms with van der Waals surface area (Å²) in [4.78, 5) is 16.1. The van der Waals surface area contributed by atoms with Crippen molar-refractivity contribution in [1.29, 1.82) is 0 Å². The molecule has 0 aliphatic carbocycles. The first-order valence-electron chi connectivity index (χ1n) is 7.82. The minimum atomic E-state index is -0.943. The van der Waals surface area contributed by atoms with Crippen molar-refractivity contribution >= 4 is 38.3 Å². The highest BCUT2D eigenvalue weighted by Crippen LogP contribution is 2.33. The highest BCUT2D eigenvalue weighted by Gasteiger charge is 2.14. The lowest BCUT2D eigenvalue weighted by molar-refractivity contribution is 0.0697. The topological polar surface area (TPSA) is 59.4 Å². The van der Waals surface area contributed by atoms with E-state index >= 15 is 0 Å². The number of aromatic carboxylic acids is 1. The van der Waals surface area contributed by atoms with Gasteiger partial charge in [-0.2, -0.15) is 0 Å². The van der Waals surface area contributed by atoms with Gasteiger partial charge < -0.3 is 9.84 Å². The van der Waals surface area contributed by atoms with Crippen LogP contribution in [0.4, 0.5) is 0 Å². The summed E-state index contributed by atoms with van der Waals surface area (Å²) in [6.45, 7) is 0. The Morgan fingerprint density at radius 2 is 2.00 bits per heavy atom. The molecule has 0 aliphatic heterocycles. The fourth-order valence-corrected chi connectivity index (χ4v) is 4.02.